The van der Waals surface area contributed by atoms with E-state index < -0.39 is 11.9 Å². The molecule has 126 valence electrons. The van der Waals surface area contributed by atoms with Crippen molar-refractivity contribution in [1.82, 2.24) is 10.2 Å². The van der Waals surface area contributed by atoms with Gasteiger partial charge in [-0.3, -0.25) is 9.59 Å². The third-order valence-electron chi connectivity index (χ3n) is 4.32. The van der Waals surface area contributed by atoms with Gasteiger partial charge in [0.15, 0.2) is 0 Å². The molecule has 0 saturated carbocycles. The Morgan fingerprint density at radius 2 is 2.04 bits per heavy atom. The van der Waals surface area contributed by atoms with Crippen molar-refractivity contribution in [2.24, 2.45) is 5.73 Å². The van der Waals surface area contributed by atoms with E-state index in [9.17, 15) is 9.59 Å². The predicted octanol–water partition coefficient (Wildman–Crippen LogP) is 0.942. The van der Waals surface area contributed by atoms with Crippen LogP contribution in [0, 0.1) is 0 Å². The van der Waals surface area contributed by atoms with E-state index in [1.807, 2.05) is 36.0 Å². The molecule has 23 heavy (non-hydrogen) atoms. The Bertz CT molecular complexity index is 578. The molecule has 2 aliphatic heterocycles. The highest BCUT2D eigenvalue weighted by molar-refractivity contribution is 7.99. The number of nitrogens with zero attached hydrogens (tertiary/aromatic N) is 1. The lowest BCUT2D eigenvalue weighted by Crippen LogP contribution is -2.52. The molecule has 2 amide bonds. The van der Waals surface area contributed by atoms with Gasteiger partial charge in [0.2, 0.25) is 11.8 Å². The van der Waals surface area contributed by atoms with E-state index in [2.05, 4.69) is 5.32 Å². The molecule has 1 saturated heterocycles. The molecule has 3 rings (SSSR count). The highest BCUT2D eigenvalue weighted by Gasteiger charge is 2.34. The van der Waals surface area contributed by atoms with Crippen molar-refractivity contribution in [3.05, 3.63) is 35.4 Å². The number of nitrogens with two attached hydrogens (primary N) is 1. The minimum atomic E-state index is -0.529. The SMILES string of the molecule is Cl.NC(=O)C1Cc2ccccc2CN1C(=O)CC1CSCCN1. The van der Waals surface area contributed by atoms with Crippen LogP contribution in [0.5, 0.6) is 0 Å². The third-order valence-corrected chi connectivity index (χ3v) is 5.45. The van der Waals surface area contributed by atoms with E-state index in [1.54, 1.807) is 4.90 Å². The minimum Gasteiger partial charge on any atom is -0.368 e. The molecule has 5 nitrogen and oxygen atoms in total. The van der Waals surface area contributed by atoms with Crippen LogP contribution in [0.2, 0.25) is 0 Å². The molecule has 3 N–H and O–H groups in total. The number of fused-ring (bicyclic) bond motifs is 1. The van der Waals surface area contributed by atoms with Gasteiger partial charge >= 0.3 is 0 Å². The van der Waals surface area contributed by atoms with Crippen LogP contribution < -0.4 is 11.1 Å². The normalized spacial score (nSPS) is 23.6. The van der Waals surface area contributed by atoms with Crippen molar-refractivity contribution >= 4 is 36.0 Å². The highest BCUT2D eigenvalue weighted by atomic mass is 35.5. The van der Waals surface area contributed by atoms with Gasteiger partial charge in [-0.1, -0.05) is 24.3 Å². The molecule has 7 heteroatoms. The average Bonchev–Trinajstić information content (AvgIpc) is 2.54. The van der Waals surface area contributed by atoms with E-state index in [1.165, 1.54) is 0 Å². The Morgan fingerprint density at radius 1 is 1.30 bits per heavy atom. The number of hydrogen-bond acceptors (Lipinski definition) is 4. The van der Waals surface area contributed by atoms with E-state index in [-0.39, 0.29) is 24.4 Å². The molecule has 2 unspecified atom stereocenters. The zero-order valence-corrected chi connectivity index (χ0v) is 14.5. The molecule has 1 fully saturated rings. The summed E-state index contributed by atoms with van der Waals surface area (Å²) in [6, 6.07) is 7.60. The molecular weight excluding hydrogens is 334 g/mol. The molecular formula is C16H22ClN3O2S. The lowest BCUT2D eigenvalue weighted by Gasteiger charge is -2.36. The van der Waals surface area contributed by atoms with Gasteiger partial charge in [-0.2, -0.15) is 11.8 Å². The standard InChI is InChI=1S/C16H21N3O2S.ClH/c17-16(21)14-7-11-3-1-2-4-12(11)9-19(14)15(20)8-13-10-22-6-5-18-13;/h1-4,13-14,18H,5-10H2,(H2,17,21);1H. The lowest BCUT2D eigenvalue weighted by molar-refractivity contribution is -0.141. The van der Waals surface area contributed by atoms with E-state index >= 15 is 0 Å². The van der Waals surface area contributed by atoms with E-state index in [4.69, 9.17) is 5.73 Å². The van der Waals surface area contributed by atoms with Gasteiger partial charge in [-0.25, -0.2) is 0 Å². The molecule has 2 aliphatic rings. The molecule has 0 bridgehead atoms. The number of amides is 2. The first-order chi connectivity index (χ1) is 10.6. The molecule has 0 aromatic heterocycles. The number of thioether (sulfide) groups is 1. The van der Waals surface area contributed by atoms with Crippen LogP contribution >= 0.6 is 24.2 Å². The summed E-state index contributed by atoms with van der Waals surface area (Å²) < 4.78 is 0. The van der Waals surface area contributed by atoms with E-state index in [0.717, 1.165) is 29.2 Å². The van der Waals surface area contributed by atoms with Crippen molar-refractivity contribution in [3.8, 4) is 0 Å². The lowest BCUT2D eigenvalue weighted by atomic mass is 9.93. The third kappa shape index (κ3) is 4.19. The maximum atomic E-state index is 12.7. The molecule has 1 aromatic carbocycles. The summed E-state index contributed by atoms with van der Waals surface area (Å²) in [4.78, 5) is 26.1. The van der Waals surface area contributed by atoms with Crippen LogP contribution in [0.4, 0.5) is 0 Å². The van der Waals surface area contributed by atoms with Gasteiger partial charge < -0.3 is 16.0 Å². The summed E-state index contributed by atoms with van der Waals surface area (Å²) in [6.07, 6.45) is 0.947. The average molecular weight is 356 g/mol. The summed E-state index contributed by atoms with van der Waals surface area (Å²) in [6.45, 7) is 1.41. The number of benzene rings is 1. The molecule has 2 atom stereocenters. The molecule has 1 aromatic rings. The Hall–Kier alpha value is -1.24. The monoisotopic (exact) mass is 355 g/mol. The van der Waals surface area contributed by atoms with Crippen LogP contribution in [0.15, 0.2) is 24.3 Å². The quantitative estimate of drug-likeness (QED) is 0.846. The van der Waals surface area contributed by atoms with Crippen molar-refractivity contribution in [2.45, 2.75) is 31.5 Å². The summed E-state index contributed by atoms with van der Waals surface area (Å²) >= 11 is 1.86. The molecule has 0 aliphatic carbocycles. The molecule has 0 spiro atoms. The summed E-state index contributed by atoms with van der Waals surface area (Å²) in [5.74, 6) is 1.62. The number of nitrogens with one attached hydrogen (secondary N) is 1. The fourth-order valence-electron chi connectivity index (χ4n) is 3.12. The Labute approximate surface area is 146 Å². The summed E-state index contributed by atoms with van der Waals surface area (Å²) in [5, 5.41) is 3.37. The van der Waals surface area contributed by atoms with Gasteiger partial charge in [0.1, 0.15) is 6.04 Å². The van der Waals surface area contributed by atoms with Gasteiger partial charge in [0, 0.05) is 43.5 Å². The first-order valence-electron chi connectivity index (χ1n) is 7.62. The maximum absolute atomic E-state index is 12.7. The number of carbonyl (C=O) groups is 2. The van der Waals surface area contributed by atoms with Crippen molar-refractivity contribution < 1.29 is 9.59 Å². The van der Waals surface area contributed by atoms with Gasteiger partial charge in [0.25, 0.3) is 0 Å². The maximum Gasteiger partial charge on any atom is 0.240 e. The van der Waals surface area contributed by atoms with Crippen molar-refractivity contribution in [1.29, 1.82) is 0 Å². The first kappa shape index (κ1) is 18.1. The second-order valence-electron chi connectivity index (χ2n) is 5.84. The predicted molar refractivity (Wildman–Crippen MR) is 94.7 cm³/mol. The number of carbonyl (C=O) groups excluding carboxylic acids is 2. The first-order valence-corrected chi connectivity index (χ1v) is 8.77. The summed E-state index contributed by atoms with van der Waals surface area (Å²) in [5.41, 5.74) is 7.76. The van der Waals surface area contributed by atoms with Crippen LogP contribution in [-0.4, -0.2) is 46.8 Å². The number of halogens is 1. The van der Waals surface area contributed by atoms with Crippen LogP contribution in [-0.2, 0) is 22.6 Å². The van der Waals surface area contributed by atoms with Crippen LogP contribution in [0.1, 0.15) is 17.5 Å². The second kappa shape index (κ2) is 8.04. The number of hydrogen-bond donors (Lipinski definition) is 2. The van der Waals surface area contributed by atoms with Crippen molar-refractivity contribution in [2.75, 3.05) is 18.1 Å². The second-order valence-corrected chi connectivity index (χ2v) is 6.99. The fraction of sp³-hybridized carbons (Fsp3) is 0.500. The highest BCUT2D eigenvalue weighted by Crippen LogP contribution is 2.24. The fourth-order valence-corrected chi connectivity index (χ4v) is 4.07. The van der Waals surface area contributed by atoms with E-state index in [0.29, 0.717) is 19.4 Å². The zero-order valence-electron chi connectivity index (χ0n) is 12.9. The molecule has 0 radical (unpaired) electrons. The largest absolute Gasteiger partial charge is 0.368 e. The Kier molecular flexibility index (Phi) is 6.33. The molecule has 2 heterocycles. The number of rotatable bonds is 3. The Morgan fingerprint density at radius 3 is 2.70 bits per heavy atom. The minimum absolute atomic E-state index is 0. The summed E-state index contributed by atoms with van der Waals surface area (Å²) in [7, 11) is 0. The van der Waals surface area contributed by atoms with Gasteiger partial charge in [-0.05, 0) is 11.1 Å². The smallest absolute Gasteiger partial charge is 0.240 e. The number of primary amides is 1. The van der Waals surface area contributed by atoms with Gasteiger partial charge in [0.05, 0.1) is 0 Å². The van der Waals surface area contributed by atoms with Crippen LogP contribution in [0.3, 0.4) is 0 Å². The van der Waals surface area contributed by atoms with Crippen LogP contribution in [0.25, 0.3) is 0 Å². The topological polar surface area (TPSA) is 75.4 Å². The van der Waals surface area contributed by atoms with Crippen molar-refractivity contribution in [3.63, 3.8) is 0 Å². The Balaban J connectivity index is 0.00000192. The zero-order chi connectivity index (χ0) is 15.5. The van der Waals surface area contributed by atoms with Gasteiger partial charge in [-0.15, -0.1) is 12.4 Å².